The van der Waals surface area contributed by atoms with Gasteiger partial charge in [-0.3, -0.25) is 9.69 Å². The summed E-state index contributed by atoms with van der Waals surface area (Å²) < 4.78 is 28.2. The van der Waals surface area contributed by atoms with Gasteiger partial charge in [-0.1, -0.05) is 68.4 Å². The number of aryl methyl sites for hydroxylation is 1. The number of anilines is 1. The molecule has 0 aromatic heterocycles. The molecular weight excluding hydrogens is 458 g/mol. The molecule has 6 nitrogen and oxygen atoms in total. The minimum Gasteiger partial charge on any atom is -0.321 e. The lowest BCUT2D eigenvalue weighted by molar-refractivity contribution is 0.102. The van der Waals surface area contributed by atoms with Crippen LogP contribution in [0.5, 0.6) is 0 Å². The van der Waals surface area contributed by atoms with E-state index in [1.807, 2.05) is 43.3 Å². The van der Waals surface area contributed by atoms with Crippen molar-refractivity contribution < 1.29 is 13.2 Å². The predicted octanol–water partition coefficient (Wildman–Crippen LogP) is 4.88. The Kier molecular flexibility index (Phi) is 7.69. The number of piperazine rings is 1. The zero-order valence-electron chi connectivity index (χ0n) is 20.6. The Balaban J connectivity index is 1.46. The Morgan fingerprint density at radius 1 is 0.914 bits per heavy atom. The SMILES string of the molecule is Cc1cccc(C(C)C)c1NC(=O)c1cccc(S(=O)(=O)N2CCN(Cc3ccccc3)CC2)c1. The fraction of sp³-hybridized carbons (Fsp3) is 0.321. The average molecular weight is 492 g/mol. The normalized spacial score (nSPS) is 15.3. The molecule has 1 aliphatic rings. The van der Waals surface area contributed by atoms with Crippen LogP contribution < -0.4 is 5.32 Å². The smallest absolute Gasteiger partial charge is 0.255 e. The maximum atomic E-state index is 13.4. The molecule has 35 heavy (non-hydrogen) atoms. The number of carbonyl (C=O) groups excluding carboxylic acids is 1. The van der Waals surface area contributed by atoms with E-state index < -0.39 is 10.0 Å². The first-order valence-corrected chi connectivity index (χ1v) is 13.5. The van der Waals surface area contributed by atoms with E-state index in [0.717, 1.165) is 23.4 Å². The fourth-order valence-corrected chi connectivity index (χ4v) is 5.91. The molecule has 184 valence electrons. The number of rotatable bonds is 7. The number of para-hydroxylation sites is 1. The summed E-state index contributed by atoms with van der Waals surface area (Å²) in [7, 11) is -3.69. The van der Waals surface area contributed by atoms with Crippen molar-refractivity contribution in [1.29, 1.82) is 0 Å². The molecule has 0 saturated carbocycles. The lowest BCUT2D eigenvalue weighted by Gasteiger charge is -2.34. The highest BCUT2D eigenvalue weighted by Gasteiger charge is 2.29. The van der Waals surface area contributed by atoms with Gasteiger partial charge in [-0.15, -0.1) is 0 Å². The molecule has 3 aromatic rings. The highest BCUT2D eigenvalue weighted by Crippen LogP contribution is 2.28. The first-order valence-electron chi connectivity index (χ1n) is 12.0. The van der Waals surface area contributed by atoms with Crippen molar-refractivity contribution in [1.82, 2.24) is 9.21 Å². The molecule has 0 atom stereocenters. The van der Waals surface area contributed by atoms with Crippen LogP contribution in [0.1, 0.15) is 46.8 Å². The molecule has 0 unspecified atom stereocenters. The summed E-state index contributed by atoms with van der Waals surface area (Å²) in [6, 6.07) is 22.5. The second-order valence-electron chi connectivity index (χ2n) is 9.34. The number of sulfonamides is 1. The Morgan fingerprint density at radius 3 is 2.29 bits per heavy atom. The molecule has 7 heteroatoms. The molecule has 1 amide bonds. The number of hydrogen-bond donors (Lipinski definition) is 1. The van der Waals surface area contributed by atoms with Gasteiger partial charge in [0.1, 0.15) is 0 Å². The Morgan fingerprint density at radius 2 is 1.60 bits per heavy atom. The van der Waals surface area contributed by atoms with E-state index in [0.29, 0.717) is 31.7 Å². The van der Waals surface area contributed by atoms with E-state index in [-0.39, 0.29) is 16.7 Å². The molecule has 1 aliphatic heterocycles. The third-order valence-electron chi connectivity index (χ3n) is 6.48. The summed E-state index contributed by atoms with van der Waals surface area (Å²) >= 11 is 0. The summed E-state index contributed by atoms with van der Waals surface area (Å²) in [5.74, 6) is -0.0663. The van der Waals surface area contributed by atoms with Crippen molar-refractivity contribution in [2.24, 2.45) is 0 Å². The number of carbonyl (C=O) groups is 1. The summed E-state index contributed by atoms with van der Waals surface area (Å²) in [5, 5.41) is 3.01. The van der Waals surface area contributed by atoms with Gasteiger partial charge in [0.2, 0.25) is 10.0 Å². The van der Waals surface area contributed by atoms with E-state index in [9.17, 15) is 13.2 Å². The standard InChI is InChI=1S/C28H33N3O3S/c1-21(2)26-14-7-9-22(3)27(26)29-28(32)24-12-8-13-25(19-24)35(33,34)31-17-15-30(16-18-31)20-23-10-5-4-6-11-23/h4-14,19,21H,15-18,20H2,1-3H3,(H,29,32). The predicted molar refractivity (Wildman–Crippen MR) is 140 cm³/mol. The molecule has 0 bridgehead atoms. The maximum Gasteiger partial charge on any atom is 0.255 e. The number of benzene rings is 3. The maximum absolute atomic E-state index is 13.4. The van der Waals surface area contributed by atoms with E-state index in [1.165, 1.54) is 15.9 Å². The minimum absolute atomic E-state index is 0.149. The molecule has 0 aliphatic carbocycles. The molecule has 1 saturated heterocycles. The van der Waals surface area contributed by atoms with Crippen molar-refractivity contribution in [2.75, 3.05) is 31.5 Å². The van der Waals surface area contributed by atoms with Gasteiger partial charge in [-0.25, -0.2) is 8.42 Å². The highest BCUT2D eigenvalue weighted by molar-refractivity contribution is 7.89. The summed E-state index contributed by atoms with van der Waals surface area (Å²) in [5.41, 5.74) is 4.36. The van der Waals surface area contributed by atoms with Gasteiger partial charge in [0.25, 0.3) is 5.91 Å². The van der Waals surface area contributed by atoms with Crippen molar-refractivity contribution in [2.45, 2.75) is 38.1 Å². The highest BCUT2D eigenvalue weighted by atomic mass is 32.2. The van der Waals surface area contributed by atoms with Crippen LogP contribution in [-0.4, -0.2) is 49.7 Å². The zero-order valence-corrected chi connectivity index (χ0v) is 21.4. The van der Waals surface area contributed by atoms with E-state index in [2.05, 4.69) is 36.2 Å². The number of nitrogens with one attached hydrogen (secondary N) is 1. The van der Waals surface area contributed by atoms with Gasteiger partial charge in [-0.05, 0) is 47.7 Å². The lowest BCUT2D eigenvalue weighted by Crippen LogP contribution is -2.48. The third kappa shape index (κ3) is 5.81. The summed E-state index contributed by atoms with van der Waals surface area (Å²) in [4.78, 5) is 15.5. The van der Waals surface area contributed by atoms with Gasteiger partial charge in [0.15, 0.2) is 0 Å². The molecule has 1 N–H and O–H groups in total. The molecule has 0 spiro atoms. The number of nitrogens with zero attached hydrogens (tertiary/aromatic N) is 2. The minimum atomic E-state index is -3.69. The van der Waals surface area contributed by atoms with E-state index >= 15 is 0 Å². The fourth-order valence-electron chi connectivity index (χ4n) is 4.44. The van der Waals surface area contributed by atoms with Crippen LogP contribution >= 0.6 is 0 Å². The van der Waals surface area contributed by atoms with Crippen LogP contribution in [0.2, 0.25) is 0 Å². The van der Waals surface area contributed by atoms with Crippen molar-refractivity contribution in [3.05, 3.63) is 95.1 Å². The summed E-state index contributed by atoms with van der Waals surface area (Å²) in [6.07, 6.45) is 0. The van der Waals surface area contributed by atoms with Gasteiger partial charge in [0, 0.05) is 44.0 Å². The number of hydrogen-bond acceptors (Lipinski definition) is 4. The quantitative estimate of drug-likeness (QED) is 0.512. The largest absolute Gasteiger partial charge is 0.321 e. The van der Waals surface area contributed by atoms with Gasteiger partial charge in [-0.2, -0.15) is 4.31 Å². The molecule has 1 heterocycles. The van der Waals surface area contributed by atoms with Crippen LogP contribution in [0, 0.1) is 6.92 Å². The second kappa shape index (κ2) is 10.7. The van der Waals surface area contributed by atoms with Gasteiger partial charge >= 0.3 is 0 Å². The van der Waals surface area contributed by atoms with Crippen LogP contribution in [0.25, 0.3) is 0 Å². The van der Waals surface area contributed by atoms with Crippen LogP contribution in [0.3, 0.4) is 0 Å². The molecular formula is C28H33N3O3S. The average Bonchev–Trinajstić information content (AvgIpc) is 2.86. The monoisotopic (exact) mass is 491 g/mol. The van der Waals surface area contributed by atoms with Gasteiger partial charge in [0.05, 0.1) is 4.90 Å². The molecule has 0 radical (unpaired) electrons. The van der Waals surface area contributed by atoms with Crippen LogP contribution in [-0.2, 0) is 16.6 Å². The lowest BCUT2D eigenvalue weighted by atomic mass is 9.98. The van der Waals surface area contributed by atoms with Crippen molar-refractivity contribution in [3.63, 3.8) is 0 Å². The second-order valence-corrected chi connectivity index (χ2v) is 11.3. The number of amides is 1. The first kappa shape index (κ1) is 25.1. The van der Waals surface area contributed by atoms with E-state index in [1.54, 1.807) is 18.2 Å². The van der Waals surface area contributed by atoms with E-state index in [4.69, 9.17) is 0 Å². The van der Waals surface area contributed by atoms with Crippen LogP contribution in [0.4, 0.5) is 5.69 Å². The van der Waals surface area contributed by atoms with Crippen molar-refractivity contribution >= 4 is 21.6 Å². The third-order valence-corrected chi connectivity index (χ3v) is 8.37. The summed E-state index contributed by atoms with van der Waals surface area (Å²) in [6.45, 7) is 9.11. The molecule has 1 fully saturated rings. The Hall–Kier alpha value is -3.00. The molecule has 4 rings (SSSR count). The van der Waals surface area contributed by atoms with Crippen LogP contribution in [0.15, 0.2) is 77.7 Å². The zero-order chi connectivity index (χ0) is 25.0. The van der Waals surface area contributed by atoms with Crippen molar-refractivity contribution in [3.8, 4) is 0 Å². The van der Waals surface area contributed by atoms with Gasteiger partial charge < -0.3 is 5.32 Å². The topological polar surface area (TPSA) is 69.7 Å². The Bertz CT molecular complexity index is 1280. The molecule has 3 aromatic carbocycles. The first-order chi connectivity index (χ1) is 16.8. The Labute approximate surface area is 208 Å².